The van der Waals surface area contributed by atoms with Gasteiger partial charge in [0.15, 0.2) is 5.82 Å². The van der Waals surface area contributed by atoms with Gasteiger partial charge in [0.05, 0.1) is 12.4 Å². The van der Waals surface area contributed by atoms with Gasteiger partial charge in [-0.05, 0) is 12.1 Å². The molecule has 1 aromatic heterocycles. The van der Waals surface area contributed by atoms with E-state index in [1.54, 1.807) is 0 Å². The molecule has 0 saturated heterocycles. The molecule has 1 aromatic carbocycles. The first-order chi connectivity index (χ1) is 7.63. The van der Waals surface area contributed by atoms with Crippen molar-refractivity contribution in [2.45, 2.75) is 0 Å². The Balaban J connectivity index is 2.27. The van der Waals surface area contributed by atoms with Crippen LogP contribution in [0.2, 0.25) is 0 Å². The summed E-state index contributed by atoms with van der Waals surface area (Å²) < 4.78 is 25.7. The lowest BCUT2D eigenvalue weighted by atomic mass is 10.3. The summed E-state index contributed by atoms with van der Waals surface area (Å²) in [5.41, 5.74) is 5.66. The van der Waals surface area contributed by atoms with Crippen LogP contribution in [0.25, 0.3) is 0 Å². The van der Waals surface area contributed by atoms with Crippen LogP contribution in [0, 0.1) is 11.6 Å². The molecule has 0 fully saturated rings. The third-order valence-electron chi connectivity index (χ3n) is 1.79. The summed E-state index contributed by atoms with van der Waals surface area (Å²) >= 11 is 0. The first kappa shape index (κ1) is 10.3. The number of nitrogens with zero attached hydrogens (tertiary/aromatic N) is 2. The van der Waals surface area contributed by atoms with Crippen LogP contribution in [-0.2, 0) is 0 Å². The topological polar surface area (TPSA) is 63.8 Å². The van der Waals surface area contributed by atoms with E-state index in [4.69, 9.17) is 5.73 Å². The molecule has 4 nitrogen and oxygen atoms in total. The normalized spacial score (nSPS) is 10.1. The summed E-state index contributed by atoms with van der Waals surface area (Å²) in [6.07, 6.45) is 2.77. The predicted molar refractivity (Wildman–Crippen MR) is 56.1 cm³/mol. The number of nitrogens with one attached hydrogen (secondary N) is 1. The number of hydrogen-bond donors (Lipinski definition) is 2. The SMILES string of the molecule is Nc1cncc(Nc2cc(F)cc(F)c2)n1. The number of hydrogen-bond acceptors (Lipinski definition) is 4. The maximum absolute atomic E-state index is 12.9. The van der Waals surface area contributed by atoms with Crippen LogP contribution in [-0.4, -0.2) is 9.97 Å². The zero-order chi connectivity index (χ0) is 11.5. The van der Waals surface area contributed by atoms with Gasteiger partial charge >= 0.3 is 0 Å². The van der Waals surface area contributed by atoms with E-state index in [9.17, 15) is 8.78 Å². The average Bonchev–Trinajstić information content (AvgIpc) is 2.15. The molecule has 0 aliphatic rings. The van der Waals surface area contributed by atoms with Crippen molar-refractivity contribution >= 4 is 17.3 Å². The zero-order valence-corrected chi connectivity index (χ0v) is 8.11. The smallest absolute Gasteiger partial charge is 0.151 e. The molecular formula is C10H8F2N4. The second-order valence-electron chi connectivity index (χ2n) is 3.11. The van der Waals surface area contributed by atoms with E-state index in [2.05, 4.69) is 15.3 Å². The van der Waals surface area contributed by atoms with Gasteiger partial charge in [-0.15, -0.1) is 0 Å². The van der Waals surface area contributed by atoms with Gasteiger partial charge in [-0.3, -0.25) is 4.98 Å². The second-order valence-corrected chi connectivity index (χ2v) is 3.11. The molecule has 0 saturated carbocycles. The molecule has 0 amide bonds. The van der Waals surface area contributed by atoms with Crippen molar-refractivity contribution < 1.29 is 8.78 Å². The van der Waals surface area contributed by atoms with Crippen molar-refractivity contribution in [2.75, 3.05) is 11.1 Å². The van der Waals surface area contributed by atoms with E-state index in [0.717, 1.165) is 18.2 Å². The minimum Gasteiger partial charge on any atom is -0.382 e. The van der Waals surface area contributed by atoms with E-state index < -0.39 is 11.6 Å². The van der Waals surface area contributed by atoms with Gasteiger partial charge in [0.2, 0.25) is 0 Å². The molecule has 1 heterocycles. The third kappa shape index (κ3) is 2.41. The monoisotopic (exact) mass is 222 g/mol. The van der Waals surface area contributed by atoms with Crippen molar-refractivity contribution in [1.82, 2.24) is 9.97 Å². The van der Waals surface area contributed by atoms with Crippen molar-refractivity contribution in [1.29, 1.82) is 0 Å². The summed E-state index contributed by atoms with van der Waals surface area (Å²) in [6, 6.07) is 3.08. The Morgan fingerprint density at radius 1 is 1.06 bits per heavy atom. The highest BCUT2D eigenvalue weighted by atomic mass is 19.1. The van der Waals surface area contributed by atoms with Crippen molar-refractivity contribution in [3.05, 3.63) is 42.2 Å². The number of nitrogen functional groups attached to an aromatic ring is 1. The molecule has 0 unspecified atom stereocenters. The molecule has 0 spiro atoms. The van der Waals surface area contributed by atoms with Crippen molar-refractivity contribution in [3.8, 4) is 0 Å². The van der Waals surface area contributed by atoms with Gasteiger partial charge in [0, 0.05) is 11.8 Å². The number of benzene rings is 1. The van der Waals surface area contributed by atoms with E-state index in [1.807, 2.05) is 0 Å². The maximum atomic E-state index is 12.9. The standard InChI is InChI=1S/C10H8F2N4/c11-6-1-7(12)3-8(2-6)15-10-5-14-4-9(13)16-10/h1-5H,(H3,13,15,16). The minimum absolute atomic E-state index is 0.224. The van der Waals surface area contributed by atoms with Crippen molar-refractivity contribution in [3.63, 3.8) is 0 Å². The zero-order valence-electron chi connectivity index (χ0n) is 8.11. The van der Waals surface area contributed by atoms with Crippen LogP contribution < -0.4 is 11.1 Å². The predicted octanol–water partition coefficient (Wildman–Crippen LogP) is 2.08. The first-order valence-corrected chi connectivity index (χ1v) is 4.44. The largest absolute Gasteiger partial charge is 0.382 e. The van der Waals surface area contributed by atoms with Crippen LogP contribution >= 0.6 is 0 Å². The lowest BCUT2D eigenvalue weighted by Crippen LogP contribution is -1.98. The lowest BCUT2D eigenvalue weighted by molar-refractivity contribution is 0.584. The van der Waals surface area contributed by atoms with Gasteiger partial charge in [-0.25, -0.2) is 13.8 Å². The Hall–Kier alpha value is -2.24. The number of rotatable bonds is 2. The lowest BCUT2D eigenvalue weighted by Gasteiger charge is -2.05. The molecule has 0 aliphatic heterocycles. The molecule has 0 bridgehead atoms. The minimum atomic E-state index is -0.667. The molecule has 0 aliphatic carbocycles. The highest BCUT2D eigenvalue weighted by molar-refractivity contribution is 5.56. The third-order valence-corrected chi connectivity index (χ3v) is 1.79. The summed E-state index contributed by atoms with van der Waals surface area (Å²) in [5, 5.41) is 2.69. The summed E-state index contributed by atoms with van der Waals surface area (Å²) in [7, 11) is 0. The highest BCUT2D eigenvalue weighted by Gasteiger charge is 2.02. The molecule has 6 heteroatoms. The van der Waals surface area contributed by atoms with E-state index in [1.165, 1.54) is 12.4 Å². The molecule has 2 rings (SSSR count). The second kappa shape index (κ2) is 4.09. The summed E-state index contributed by atoms with van der Waals surface area (Å²) in [5.74, 6) is -0.786. The summed E-state index contributed by atoms with van der Waals surface area (Å²) in [6.45, 7) is 0. The Kier molecular flexibility index (Phi) is 2.63. The van der Waals surface area contributed by atoms with E-state index in [0.29, 0.717) is 5.82 Å². The van der Waals surface area contributed by atoms with E-state index in [-0.39, 0.29) is 11.5 Å². The average molecular weight is 222 g/mol. The number of anilines is 3. The van der Waals surface area contributed by atoms with Crippen LogP contribution in [0.3, 0.4) is 0 Å². The summed E-state index contributed by atoms with van der Waals surface area (Å²) in [4.78, 5) is 7.67. The fourth-order valence-electron chi connectivity index (χ4n) is 1.22. The quantitative estimate of drug-likeness (QED) is 0.816. The van der Waals surface area contributed by atoms with Gasteiger partial charge in [0.1, 0.15) is 17.5 Å². The maximum Gasteiger partial charge on any atom is 0.151 e. The molecule has 0 radical (unpaired) electrons. The van der Waals surface area contributed by atoms with Crippen molar-refractivity contribution in [2.24, 2.45) is 0 Å². The van der Waals surface area contributed by atoms with Gasteiger partial charge < -0.3 is 11.1 Å². The Bertz CT molecular complexity index is 496. The molecule has 16 heavy (non-hydrogen) atoms. The molecule has 0 atom stereocenters. The van der Waals surface area contributed by atoms with Gasteiger partial charge in [0.25, 0.3) is 0 Å². The van der Waals surface area contributed by atoms with Gasteiger partial charge in [-0.2, -0.15) is 0 Å². The van der Waals surface area contributed by atoms with Crippen LogP contribution in [0.4, 0.5) is 26.1 Å². The highest BCUT2D eigenvalue weighted by Crippen LogP contribution is 2.17. The number of nitrogens with two attached hydrogens (primary N) is 1. The molecular weight excluding hydrogens is 214 g/mol. The van der Waals surface area contributed by atoms with Gasteiger partial charge in [-0.1, -0.05) is 0 Å². The van der Waals surface area contributed by atoms with Crippen LogP contribution in [0.15, 0.2) is 30.6 Å². The van der Waals surface area contributed by atoms with E-state index >= 15 is 0 Å². The first-order valence-electron chi connectivity index (χ1n) is 4.44. The molecule has 82 valence electrons. The van der Waals surface area contributed by atoms with Crippen LogP contribution in [0.5, 0.6) is 0 Å². The number of halogens is 2. The van der Waals surface area contributed by atoms with Crippen LogP contribution in [0.1, 0.15) is 0 Å². The Morgan fingerprint density at radius 2 is 1.75 bits per heavy atom. The molecule has 2 aromatic rings. The Morgan fingerprint density at radius 3 is 2.38 bits per heavy atom. The number of aromatic nitrogens is 2. The fourth-order valence-corrected chi connectivity index (χ4v) is 1.22. The molecule has 3 N–H and O–H groups in total. The fraction of sp³-hybridized carbons (Fsp3) is 0. The Labute approximate surface area is 90.1 Å².